The van der Waals surface area contributed by atoms with Crippen LogP contribution in [0.15, 0.2) is 53.6 Å². The molecule has 36 heavy (non-hydrogen) atoms. The van der Waals surface area contributed by atoms with E-state index < -0.39 is 29.6 Å². The van der Waals surface area contributed by atoms with E-state index in [1.54, 1.807) is 25.4 Å². The van der Waals surface area contributed by atoms with Crippen molar-refractivity contribution in [2.45, 2.75) is 30.3 Å². The van der Waals surface area contributed by atoms with Gasteiger partial charge in [-0.15, -0.1) is 11.8 Å². The number of likely N-dealkylation sites (tertiary alicyclic amines) is 1. The van der Waals surface area contributed by atoms with Crippen molar-refractivity contribution in [3.05, 3.63) is 65.9 Å². The molecule has 0 radical (unpaired) electrons. The number of ether oxygens (including phenoxy) is 1. The summed E-state index contributed by atoms with van der Waals surface area (Å²) in [6.07, 6.45) is 2.66. The summed E-state index contributed by atoms with van der Waals surface area (Å²) in [6.45, 7) is 1.72. The SMILES string of the molecule is COc1ccc2nccc([C@H](O)CC[C@@H]3CCN(CCSc4cccc(F)c4F)C[C@@H]3C(=O)O)c2c1. The van der Waals surface area contributed by atoms with Gasteiger partial charge in [-0.2, -0.15) is 0 Å². The van der Waals surface area contributed by atoms with Crippen molar-refractivity contribution in [1.82, 2.24) is 9.88 Å². The normalized spacial score (nSPS) is 19.3. The summed E-state index contributed by atoms with van der Waals surface area (Å²) in [6, 6.07) is 11.4. The number of pyridine rings is 1. The molecule has 2 heterocycles. The molecular weight excluding hydrogens is 486 g/mol. The maximum absolute atomic E-state index is 13.9. The molecular formula is C27H30F2N2O4S. The largest absolute Gasteiger partial charge is 0.497 e. The highest BCUT2D eigenvalue weighted by Crippen LogP contribution is 2.34. The highest BCUT2D eigenvalue weighted by molar-refractivity contribution is 7.99. The summed E-state index contributed by atoms with van der Waals surface area (Å²) in [5, 5.41) is 21.7. The molecule has 2 N–H and O–H groups in total. The Kier molecular flexibility index (Phi) is 8.77. The number of carbonyl (C=O) groups is 1. The van der Waals surface area contributed by atoms with Crippen molar-refractivity contribution in [2.24, 2.45) is 11.8 Å². The van der Waals surface area contributed by atoms with E-state index in [-0.39, 0.29) is 10.8 Å². The Bertz CT molecular complexity index is 1210. The number of aliphatic hydroxyl groups excluding tert-OH is 1. The van der Waals surface area contributed by atoms with E-state index in [2.05, 4.69) is 9.88 Å². The van der Waals surface area contributed by atoms with Gasteiger partial charge in [0, 0.05) is 35.3 Å². The van der Waals surface area contributed by atoms with Gasteiger partial charge in [-0.1, -0.05) is 6.07 Å². The quantitative estimate of drug-likeness (QED) is 0.361. The molecule has 192 valence electrons. The molecule has 9 heteroatoms. The zero-order valence-electron chi connectivity index (χ0n) is 20.1. The van der Waals surface area contributed by atoms with Gasteiger partial charge in [0.05, 0.1) is 24.6 Å². The zero-order valence-corrected chi connectivity index (χ0v) is 20.9. The Balaban J connectivity index is 1.33. The molecule has 0 amide bonds. The van der Waals surface area contributed by atoms with Gasteiger partial charge in [0.2, 0.25) is 0 Å². The molecule has 0 saturated carbocycles. The number of hydrogen-bond acceptors (Lipinski definition) is 6. The van der Waals surface area contributed by atoms with E-state index in [9.17, 15) is 23.8 Å². The first kappa shape index (κ1) is 26.3. The maximum atomic E-state index is 13.9. The standard InChI is InChI=1S/C27H30F2N2O4S/c1-35-18-6-7-23-20(15-18)19(9-11-30-23)24(32)8-5-17-10-12-31(16-21(17)27(33)34)13-14-36-25-4-2-3-22(28)26(25)29/h2-4,6-7,9,11,15,17,21,24,32H,5,8,10,12-14,16H2,1H3,(H,33,34)/t17-,21+,24-/m1/s1. The molecule has 1 aliphatic rings. The number of nitrogens with zero attached hydrogens (tertiary/aromatic N) is 2. The first-order chi connectivity index (χ1) is 17.4. The third kappa shape index (κ3) is 6.14. The third-order valence-corrected chi connectivity index (χ3v) is 7.90. The number of thioether (sulfide) groups is 1. The number of rotatable bonds is 10. The van der Waals surface area contributed by atoms with Crippen LogP contribution in [0.2, 0.25) is 0 Å². The van der Waals surface area contributed by atoms with Gasteiger partial charge in [-0.25, -0.2) is 8.78 Å². The monoisotopic (exact) mass is 516 g/mol. The summed E-state index contributed by atoms with van der Waals surface area (Å²) in [5.41, 5.74) is 1.52. The molecule has 0 bridgehead atoms. The van der Waals surface area contributed by atoms with Crippen LogP contribution >= 0.6 is 11.8 Å². The molecule has 6 nitrogen and oxygen atoms in total. The Labute approximate surface area is 213 Å². The number of aliphatic hydroxyl groups is 1. The second-order valence-corrected chi connectivity index (χ2v) is 10.2. The summed E-state index contributed by atoms with van der Waals surface area (Å²) >= 11 is 1.23. The highest BCUT2D eigenvalue weighted by atomic mass is 32.2. The minimum Gasteiger partial charge on any atom is -0.497 e. The summed E-state index contributed by atoms with van der Waals surface area (Å²) < 4.78 is 32.6. The van der Waals surface area contributed by atoms with Gasteiger partial charge in [0.1, 0.15) is 5.75 Å². The first-order valence-corrected chi connectivity index (χ1v) is 13.0. The van der Waals surface area contributed by atoms with E-state index >= 15 is 0 Å². The number of piperidine rings is 1. The third-order valence-electron chi connectivity index (χ3n) is 6.89. The van der Waals surface area contributed by atoms with Crippen molar-refractivity contribution in [3.63, 3.8) is 0 Å². The molecule has 1 aliphatic heterocycles. The Morgan fingerprint density at radius 3 is 2.89 bits per heavy atom. The molecule has 1 saturated heterocycles. The summed E-state index contributed by atoms with van der Waals surface area (Å²) in [7, 11) is 1.59. The molecule has 0 aliphatic carbocycles. The lowest BCUT2D eigenvalue weighted by molar-refractivity contribution is -0.146. The van der Waals surface area contributed by atoms with Crippen molar-refractivity contribution in [3.8, 4) is 5.75 Å². The number of hydrogen-bond donors (Lipinski definition) is 2. The second kappa shape index (κ2) is 12.0. The molecule has 0 unspecified atom stereocenters. The number of halogens is 2. The van der Waals surface area contributed by atoms with Crippen molar-refractivity contribution in [2.75, 3.05) is 32.5 Å². The van der Waals surface area contributed by atoms with Crippen LogP contribution in [0.25, 0.3) is 10.9 Å². The number of aliphatic carboxylic acids is 1. The first-order valence-electron chi connectivity index (χ1n) is 12.0. The van der Waals surface area contributed by atoms with Gasteiger partial charge in [-0.3, -0.25) is 9.78 Å². The molecule has 2 aromatic carbocycles. The maximum Gasteiger partial charge on any atom is 0.308 e. The Morgan fingerprint density at radius 1 is 1.28 bits per heavy atom. The van der Waals surface area contributed by atoms with Crippen LogP contribution in [0.5, 0.6) is 5.75 Å². The number of aromatic nitrogens is 1. The van der Waals surface area contributed by atoms with Gasteiger partial charge < -0.3 is 19.8 Å². The van der Waals surface area contributed by atoms with Gasteiger partial charge >= 0.3 is 5.97 Å². The minimum atomic E-state index is -0.868. The van der Waals surface area contributed by atoms with Crippen LogP contribution in [0.4, 0.5) is 8.78 Å². The number of fused-ring (bicyclic) bond motifs is 1. The fourth-order valence-electron chi connectivity index (χ4n) is 4.87. The van der Waals surface area contributed by atoms with Crippen LogP contribution in [0, 0.1) is 23.5 Å². The zero-order chi connectivity index (χ0) is 25.7. The van der Waals surface area contributed by atoms with Crippen LogP contribution in [-0.4, -0.2) is 58.6 Å². The number of methoxy groups -OCH3 is 1. The fraction of sp³-hybridized carbons (Fsp3) is 0.407. The summed E-state index contributed by atoms with van der Waals surface area (Å²) in [4.78, 5) is 18.7. The average Bonchev–Trinajstić information content (AvgIpc) is 2.89. The van der Waals surface area contributed by atoms with Gasteiger partial charge in [-0.05, 0) is 73.7 Å². The van der Waals surface area contributed by atoms with Crippen LogP contribution < -0.4 is 4.74 Å². The van der Waals surface area contributed by atoms with E-state index in [0.717, 1.165) is 29.1 Å². The van der Waals surface area contributed by atoms with E-state index in [1.165, 1.54) is 17.8 Å². The molecule has 1 aromatic heterocycles. The molecule has 3 aromatic rings. The van der Waals surface area contributed by atoms with E-state index in [1.807, 2.05) is 18.2 Å². The second-order valence-electron chi connectivity index (χ2n) is 9.07. The minimum absolute atomic E-state index is 0.0515. The predicted molar refractivity (Wildman–Crippen MR) is 135 cm³/mol. The van der Waals surface area contributed by atoms with Crippen molar-refractivity contribution in [1.29, 1.82) is 0 Å². The Hall–Kier alpha value is -2.75. The van der Waals surface area contributed by atoms with Gasteiger partial charge in [0.25, 0.3) is 0 Å². The summed E-state index contributed by atoms with van der Waals surface area (Å²) in [5.74, 6) is -1.94. The lowest BCUT2D eigenvalue weighted by Crippen LogP contribution is -2.44. The van der Waals surface area contributed by atoms with Gasteiger partial charge in [0.15, 0.2) is 11.6 Å². The highest BCUT2D eigenvalue weighted by Gasteiger charge is 2.34. The lowest BCUT2D eigenvalue weighted by Gasteiger charge is -2.37. The number of benzene rings is 2. The number of carboxylic acid groups (broad SMARTS) is 1. The fourth-order valence-corrected chi connectivity index (χ4v) is 5.84. The number of carboxylic acids is 1. The van der Waals surface area contributed by atoms with Crippen LogP contribution in [-0.2, 0) is 4.79 Å². The van der Waals surface area contributed by atoms with Crippen molar-refractivity contribution >= 4 is 28.6 Å². The lowest BCUT2D eigenvalue weighted by atomic mass is 9.81. The van der Waals surface area contributed by atoms with E-state index in [4.69, 9.17) is 4.74 Å². The molecule has 4 rings (SSSR count). The van der Waals surface area contributed by atoms with Crippen LogP contribution in [0.3, 0.4) is 0 Å². The topological polar surface area (TPSA) is 82.9 Å². The average molecular weight is 517 g/mol. The molecule has 0 spiro atoms. The molecule has 1 fully saturated rings. The predicted octanol–water partition coefficient (Wildman–Crippen LogP) is 5.15. The Morgan fingerprint density at radius 2 is 2.11 bits per heavy atom. The molecule has 3 atom stereocenters. The van der Waals surface area contributed by atoms with Crippen LogP contribution in [0.1, 0.15) is 30.9 Å². The van der Waals surface area contributed by atoms with E-state index in [0.29, 0.717) is 43.9 Å². The van der Waals surface area contributed by atoms with Crippen molar-refractivity contribution < 1.29 is 28.5 Å². The smallest absolute Gasteiger partial charge is 0.308 e.